The van der Waals surface area contributed by atoms with Gasteiger partial charge in [-0.2, -0.15) is 0 Å². The lowest BCUT2D eigenvalue weighted by atomic mass is 10.1. The highest BCUT2D eigenvalue weighted by atomic mass is 15.3. The third-order valence-corrected chi connectivity index (χ3v) is 4.09. The molecular weight excluding hydrogens is 260 g/mol. The van der Waals surface area contributed by atoms with Crippen molar-refractivity contribution in [3.8, 4) is 0 Å². The van der Waals surface area contributed by atoms with Gasteiger partial charge in [0.2, 0.25) is 0 Å². The highest BCUT2D eigenvalue weighted by Gasteiger charge is 2.24. The van der Waals surface area contributed by atoms with Crippen molar-refractivity contribution in [2.24, 2.45) is 0 Å². The van der Waals surface area contributed by atoms with E-state index in [1.54, 1.807) is 6.20 Å². The molecule has 1 saturated heterocycles. The first-order valence-electron chi connectivity index (χ1n) is 7.47. The van der Waals surface area contributed by atoms with Crippen LogP contribution in [0.3, 0.4) is 0 Å². The Kier molecular flexibility index (Phi) is 4.06. The molecular formula is C17H22N4. The molecule has 0 spiro atoms. The molecule has 1 aromatic carbocycles. The van der Waals surface area contributed by atoms with Crippen LogP contribution in [0.25, 0.3) is 0 Å². The monoisotopic (exact) mass is 282 g/mol. The molecule has 4 heteroatoms. The van der Waals surface area contributed by atoms with Gasteiger partial charge in [0.1, 0.15) is 5.82 Å². The normalized spacial score (nSPS) is 19.7. The molecule has 110 valence electrons. The summed E-state index contributed by atoms with van der Waals surface area (Å²) in [5.74, 6) is 0.987. The fraction of sp³-hybridized carbons (Fsp3) is 0.353. The molecule has 1 fully saturated rings. The fourth-order valence-corrected chi connectivity index (χ4v) is 2.86. The van der Waals surface area contributed by atoms with E-state index in [4.69, 9.17) is 5.73 Å². The van der Waals surface area contributed by atoms with E-state index in [1.807, 2.05) is 12.1 Å². The van der Waals surface area contributed by atoms with Crippen molar-refractivity contribution in [1.29, 1.82) is 0 Å². The van der Waals surface area contributed by atoms with E-state index in [-0.39, 0.29) is 0 Å². The van der Waals surface area contributed by atoms with Gasteiger partial charge in [-0.1, -0.05) is 30.3 Å². The SMILES string of the molecule is CC1CN(c2cc(N)ccn2)CCN1Cc1ccccc1. The number of hydrogen-bond acceptors (Lipinski definition) is 4. The lowest BCUT2D eigenvalue weighted by Gasteiger charge is -2.40. The van der Waals surface area contributed by atoms with Crippen LogP contribution in [0.2, 0.25) is 0 Å². The van der Waals surface area contributed by atoms with Gasteiger partial charge in [0.05, 0.1) is 0 Å². The Morgan fingerprint density at radius 3 is 2.71 bits per heavy atom. The summed E-state index contributed by atoms with van der Waals surface area (Å²) in [6, 6.07) is 15.0. The summed E-state index contributed by atoms with van der Waals surface area (Å²) < 4.78 is 0. The first-order valence-corrected chi connectivity index (χ1v) is 7.47. The van der Waals surface area contributed by atoms with Crippen molar-refractivity contribution in [3.05, 3.63) is 54.2 Å². The molecule has 0 radical (unpaired) electrons. The molecule has 0 saturated carbocycles. The molecule has 1 aromatic heterocycles. The molecule has 0 bridgehead atoms. The number of rotatable bonds is 3. The van der Waals surface area contributed by atoms with Gasteiger partial charge in [0.15, 0.2) is 0 Å². The molecule has 2 N–H and O–H groups in total. The van der Waals surface area contributed by atoms with Crippen molar-refractivity contribution in [2.45, 2.75) is 19.5 Å². The van der Waals surface area contributed by atoms with Gasteiger partial charge in [-0.15, -0.1) is 0 Å². The Morgan fingerprint density at radius 2 is 2.00 bits per heavy atom. The van der Waals surface area contributed by atoms with E-state index in [2.05, 4.69) is 52.0 Å². The van der Waals surface area contributed by atoms with Gasteiger partial charge in [0.25, 0.3) is 0 Å². The molecule has 21 heavy (non-hydrogen) atoms. The summed E-state index contributed by atoms with van der Waals surface area (Å²) in [5, 5.41) is 0. The number of hydrogen-bond donors (Lipinski definition) is 1. The van der Waals surface area contributed by atoms with E-state index in [0.717, 1.165) is 37.7 Å². The third-order valence-electron chi connectivity index (χ3n) is 4.09. The topological polar surface area (TPSA) is 45.4 Å². The highest BCUT2D eigenvalue weighted by Crippen LogP contribution is 2.20. The predicted molar refractivity (Wildman–Crippen MR) is 87.2 cm³/mol. The lowest BCUT2D eigenvalue weighted by Crippen LogP contribution is -2.51. The van der Waals surface area contributed by atoms with Crippen molar-refractivity contribution < 1.29 is 0 Å². The number of benzene rings is 1. The highest BCUT2D eigenvalue weighted by molar-refractivity contribution is 5.50. The van der Waals surface area contributed by atoms with Crippen LogP contribution in [0.4, 0.5) is 11.5 Å². The maximum Gasteiger partial charge on any atom is 0.130 e. The Morgan fingerprint density at radius 1 is 1.19 bits per heavy atom. The lowest BCUT2D eigenvalue weighted by molar-refractivity contribution is 0.180. The first-order chi connectivity index (χ1) is 10.2. The van der Waals surface area contributed by atoms with E-state index in [0.29, 0.717) is 6.04 Å². The molecule has 0 amide bonds. The molecule has 2 heterocycles. The van der Waals surface area contributed by atoms with Gasteiger partial charge in [0, 0.05) is 50.2 Å². The molecule has 0 aliphatic carbocycles. The molecule has 4 nitrogen and oxygen atoms in total. The average molecular weight is 282 g/mol. The van der Waals surface area contributed by atoms with E-state index >= 15 is 0 Å². The maximum atomic E-state index is 5.85. The largest absolute Gasteiger partial charge is 0.399 e. The van der Waals surface area contributed by atoms with Crippen LogP contribution in [0.1, 0.15) is 12.5 Å². The predicted octanol–water partition coefficient (Wildman–Crippen LogP) is 2.37. The third kappa shape index (κ3) is 3.34. The van der Waals surface area contributed by atoms with Crippen LogP contribution in [-0.2, 0) is 6.54 Å². The van der Waals surface area contributed by atoms with Gasteiger partial charge < -0.3 is 10.6 Å². The second-order valence-corrected chi connectivity index (χ2v) is 5.70. The molecule has 1 atom stereocenters. The zero-order chi connectivity index (χ0) is 14.7. The summed E-state index contributed by atoms with van der Waals surface area (Å²) in [7, 11) is 0. The Labute approximate surface area is 126 Å². The molecule has 1 unspecified atom stereocenters. The smallest absolute Gasteiger partial charge is 0.130 e. The minimum atomic E-state index is 0.502. The fourth-order valence-electron chi connectivity index (χ4n) is 2.86. The summed E-state index contributed by atoms with van der Waals surface area (Å²) in [4.78, 5) is 9.28. The van der Waals surface area contributed by atoms with E-state index in [9.17, 15) is 0 Å². The number of nitrogen functional groups attached to an aromatic ring is 1. The number of aromatic nitrogens is 1. The zero-order valence-corrected chi connectivity index (χ0v) is 12.4. The van der Waals surface area contributed by atoms with E-state index in [1.165, 1.54) is 5.56 Å². The van der Waals surface area contributed by atoms with Gasteiger partial charge >= 0.3 is 0 Å². The van der Waals surface area contributed by atoms with Crippen LogP contribution < -0.4 is 10.6 Å². The van der Waals surface area contributed by atoms with Crippen LogP contribution in [0.15, 0.2) is 48.7 Å². The maximum absolute atomic E-state index is 5.85. The van der Waals surface area contributed by atoms with Crippen molar-refractivity contribution in [1.82, 2.24) is 9.88 Å². The number of nitrogens with zero attached hydrogens (tertiary/aromatic N) is 3. The summed E-state index contributed by atoms with van der Waals surface area (Å²) in [5.41, 5.74) is 8.00. The quantitative estimate of drug-likeness (QED) is 0.939. The van der Waals surface area contributed by atoms with Gasteiger partial charge in [-0.3, -0.25) is 4.90 Å². The van der Waals surface area contributed by atoms with Crippen LogP contribution in [0, 0.1) is 0 Å². The second kappa shape index (κ2) is 6.14. The summed E-state index contributed by atoms with van der Waals surface area (Å²) >= 11 is 0. The number of piperazine rings is 1. The zero-order valence-electron chi connectivity index (χ0n) is 12.4. The van der Waals surface area contributed by atoms with E-state index < -0.39 is 0 Å². The molecule has 3 rings (SSSR count). The minimum absolute atomic E-state index is 0.502. The molecule has 1 aliphatic heterocycles. The number of pyridine rings is 1. The Balaban J connectivity index is 1.64. The number of anilines is 2. The van der Waals surface area contributed by atoms with Crippen molar-refractivity contribution in [3.63, 3.8) is 0 Å². The molecule has 2 aromatic rings. The Hall–Kier alpha value is -2.07. The second-order valence-electron chi connectivity index (χ2n) is 5.70. The van der Waals surface area contributed by atoms with Crippen molar-refractivity contribution >= 4 is 11.5 Å². The Bertz CT molecular complexity index is 584. The van der Waals surface area contributed by atoms with Gasteiger partial charge in [-0.25, -0.2) is 4.98 Å². The minimum Gasteiger partial charge on any atom is -0.399 e. The first kappa shape index (κ1) is 13.9. The summed E-state index contributed by atoms with van der Waals surface area (Å²) in [6.07, 6.45) is 1.78. The van der Waals surface area contributed by atoms with Crippen LogP contribution in [-0.4, -0.2) is 35.6 Å². The molecule has 1 aliphatic rings. The number of nitrogens with two attached hydrogens (primary N) is 1. The van der Waals surface area contributed by atoms with Crippen molar-refractivity contribution in [2.75, 3.05) is 30.3 Å². The van der Waals surface area contributed by atoms with Gasteiger partial charge in [-0.05, 0) is 18.6 Å². The summed E-state index contributed by atoms with van der Waals surface area (Å²) in [6.45, 7) is 6.32. The standard InChI is InChI=1S/C17H22N4/c1-14-12-21(17-11-16(18)7-8-19-17)10-9-20(14)13-15-5-3-2-4-6-15/h2-8,11,14H,9-10,12-13H2,1H3,(H2,18,19). The van der Waals surface area contributed by atoms with Crippen LogP contribution >= 0.6 is 0 Å². The average Bonchev–Trinajstić information content (AvgIpc) is 2.50. The van der Waals surface area contributed by atoms with Crippen LogP contribution in [0.5, 0.6) is 0 Å².